The summed E-state index contributed by atoms with van der Waals surface area (Å²) < 4.78 is 1.81. The fraction of sp³-hybridized carbons (Fsp3) is 0.263. The molecular weight excluding hydrogens is 356 g/mol. The van der Waals surface area contributed by atoms with E-state index in [0.717, 1.165) is 24.4 Å². The predicted molar refractivity (Wildman–Crippen MR) is 107 cm³/mol. The van der Waals surface area contributed by atoms with Crippen molar-refractivity contribution in [2.45, 2.75) is 19.4 Å². The zero-order valence-electron chi connectivity index (χ0n) is 15.5. The summed E-state index contributed by atoms with van der Waals surface area (Å²) in [7, 11) is 0. The number of rotatable bonds is 2. The van der Waals surface area contributed by atoms with Crippen molar-refractivity contribution in [2.24, 2.45) is 4.99 Å². The molecule has 0 saturated carbocycles. The van der Waals surface area contributed by atoms with E-state index >= 15 is 0 Å². The molecule has 0 unspecified atom stereocenters. The van der Waals surface area contributed by atoms with Gasteiger partial charge in [-0.2, -0.15) is 0 Å². The second-order valence-corrected chi connectivity index (χ2v) is 6.81. The summed E-state index contributed by atoms with van der Waals surface area (Å²) in [5, 5.41) is 18.9. The summed E-state index contributed by atoms with van der Waals surface area (Å²) in [6.45, 7) is 7.19. The first kappa shape index (κ1) is 17.8. The highest BCUT2D eigenvalue weighted by molar-refractivity contribution is 6.40. The van der Waals surface area contributed by atoms with E-state index in [1.807, 2.05) is 19.1 Å². The Labute approximate surface area is 161 Å². The number of nitrogens with zero attached hydrogens (tertiary/aromatic N) is 6. The largest absolute Gasteiger partial charge is 0.351 e. The standard InChI is InChI=1S/C19H20N8O/c1-12-3-4-15(13(2)9-12)24-16(20)19(28)23-14-5-7-26(10-14)17-18-25-22-11-27(18)8-6-21-17/h3-4,6,8-9,11,14,20H,2,5,7,10H2,1H3,(H,23,28)/t14-/m0/s1. The number of allylic oxidation sites excluding steroid dienone is 5. The van der Waals surface area contributed by atoms with Gasteiger partial charge in [-0.15, -0.1) is 10.2 Å². The molecule has 0 bridgehead atoms. The monoisotopic (exact) mass is 376 g/mol. The Kier molecular flexibility index (Phi) is 4.56. The summed E-state index contributed by atoms with van der Waals surface area (Å²) >= 11 is 0. The molecule has 1 fully saturated rings. The van der Waals surface area contributed by atoms with E-state index < -0.39 is 5.91 Å². The van der Waals surface area contributed by atoms with Gasteiger partial charge in [0.05, 0.1) is 5.71 Å². The van der Waals surface area contributed by atoms with Crippen molar-refractivity contribution in [3.8, 4) is 0 Å². The van der Waals surface area contributed by atoms with Crippen LogP contribution in [0.4, 0.5) is 5.82 Å². The van der Waals surface area contributed by atoms with Gasteiger partial charge in [0, 0.05) is 31.5 Å². The predicted octanol–water partition coefficient (Wildman–Crippen LogP) is 1.31. The van der Waals surface area contributed by atoms with Crippen LogP contribution in [0.5, 0.6) is 0 Å². The minimum absolute atomic E-state index is 0.0923. The van der Waals surface area contributed by atoms with Crippen LogP contribution in [0.2, 0.25) is 0 Å². The second kappa shape index (κ2) is 7.18. The van der Waals surface area contributed by atoms with Gasteiger partial charge in [0.1, 0.15) is 6.33 Å². The molecule has 2 aromatic heterocycles. The number of fused-ring (bicyclic) bond motifs is 1. The number of carbonyl (C=O) groups excluding carboxylic acids is 1. The number of nitrogens with one attached hydrogen (secondary N) is 2. The lowest BCUT2D eigenvalue weighted by atomic mass is 10.0. The van der Waals surface area contributed by atoms with E-state index in [1.54, 1.807) is 29.2 Å². The van der Waals surface area contributed by atoms with Crippen LogP contribution >= 0.6 is 0 Å². The number of amidine groups is 1. The number of aliphatic imine (C=N–C) groups is 1. The van der Waals surface area contributed by atoms with Gasteiger partial charge in [0.2, 0.25) is 11.5 Å². The first-order chi connectivity index (χ1) is 13.5. The molecule has 1 atom stereocenters. The molecule has 9 nitrogen and oxygen atoms in total. The summed E-state index contributed by atoms with van der Waals surface area (Å²) in [5.41, 5.74) is 2.96. The van der Waals surface area contributed by atoms with Gasteiger partial charge in [-0.25, -0.2) is 9.98 Å². The van der Waals surface area contributed by atoms with Gasteiger partial charge < -0.3 is 10.2 Å². The van der Waals surface area contributed by atoms with Crippen LogP contribution in [0.25, 0.3) is 5.65 Å². The van der Waals surface area contributed by atoms with Gasteiger partial charge in [-0.1, -0.05) is 24.3 Å². The number of carbonyl (C=O) groups is 1. The van der Waals surface area contributed by atoms with Crippen LogP contribution in [-0.4, -0.2) is 56.2 Å². The molecule has 28 heavy (non-hydrogen) atoms. The zero-order chi connectivity index (χ0) is 19.7. The molecule has 0 aromatic carbocycles. The third-order valence-corrected chi connectivity index (χ3v) is 4.70. The van der Waals surface area contributed by atoms with Crippen molar-refractivity contribution in [1.82, 2.24) is 24.9 Å². The van der Waals surface area contributed by atoms with Crippen LogP contribution in [0.1, 0.15) is 13.3 Å². The maximum Gasteiger partial charge on any atom is 0.288 e. The zero-order valence-corrected chi connectivity index (χ0v) is 15.5. The van der Waals surface area contributed by atoms with Crippen molar-refractivity contribution in [3.63, 3.8) is 0 Å². The fourth-order valence-corrected chi connectivity index (χ4v) is 3.29. The maximum atomic E-state index is 12.4. The average Bonchev–Trinajstić information content (AvgIpc) is 3.32. The Morgan fingerprint density at radius 1 is 1.43 bits per heavy atom. The second-order valence-electron chi connectivity index (χ2n) is 6.81. The lowest BCUT2D eigenvalue weighted by molar-refractivity contribution is -0.115. The van der Waals surface area contributed by atoms with Gasteiger partial charge in [-0.3, -0.25) is 14.6 Å². The Morgan fingerprint density at radius 3 is 3.11 bits per heavy atom. The Balaban J connectivity index is 1.40. The normalized spacial score (nSPS) is 20.7. The minimum Gasteiger partial charge on any atom is -0.351 e. The molecule has 4 rings (SSSR count). The number of aromatic nitrogens is 4. The number of amides is 1. The first-order valence-electron chi connectivity index (χ1n) is 8.94. The van der Waals surface area contributed by atoms with Crippen molar-refractivity contribution in [2.75, 3.05) is 18.0 Å². The molecule has 3 heterocycles. The van der Waals surface area contributed by atoms with Crippen LogP contribution < -0.4 is 10.2 Å². The fourth-order valence-electron chi connectivity index (χ4n) is 3.29. The number of anilines is 1. The third-order valence-electron chi connectivity index (χ3n) is 4.70. The van der Waals surface area contributed by atoms with Crippen LogP contribution in [0.15, 0.2) is 59.7 Å². The van der Waals surface area contributed by atoms with E-state index in [-0.39, 0.29) is 11.9 Å². The molecule has 1 aliphatic heterocycles. The van der Waals surface area contributed by atoms with Crippen LogP contribution in [-0.2, 0) is 4.79 Å². The van der Waals surface area contributed by atoms with Gasteiger partial charge in [0.25, 0.3) is 5.91 Å². The highest BCUT2D eigenvalue weighted by Gasteiger charge is 2.27. The SMILES string of the molecule is C=C1C=C(C)C=CC1=NC(=N)C(=O)N[C@H]1CCN(c2nccn3cnnc23)C1. The molecule has 2 N–H and O–H groups in total. The topological polar surface area (TPSA) is 112 Å². The molecular formula is C19H20N8O. The molecule has 0 spiro atoms. The molecule has 1 aliphatic carbocycles. The van der Waals surface area contributed by atoms with Gasteiger partial charge in [-0.05, 0) is 25.0 Å². The Bertz CT molecular complexity index is 1060. The third kappa shape index (κ3) is 3.46. The van der Waals surface area contributed by atoms with Crippen LogP contribution in [0, 0.1) is 5.41 Å². The maximum absolute atomic E-state index is 12.4. The number of hydrogen-bond donors (Lipinski definition) is 2. The van der Waals surface area contributed by atoms with E-state index in [4.69, 9.17) is 5.41 Å². The van der Waals surface area contributed by atoms with Crippen molar-refractivity contribution in [3.05, 3.63) is 54.7 Å². The van der Waals surface area contributed by atoms with E-state index in [1.165, 1.54) is 0 Å². The summed E-state index contributed by atoms with van der Waals surface area (Å²) in [4.78, 5) is 23.0. The van der Waals surface area contributed by atoms with Crippen LogP contribution in [0.3, 0.4) is 0 Å². The Morgan fingerprint density at radius 2 is 2.29 bits per heavy atom. The average molecular weight is 376 g/mol. The first-order valence-corrected chi connectivity index (χ1v) is 8.94. The summed E-state index contributed by atoms with van der Waals surface area (Å²) in [6, 6.07) is -0.0923. The van der Waals surface area contributed by atoms with E-state index in [2.05, 4.69) is 37.0 Å². The van der Waals surface area contributed by atoms with E-state index in [9.17, 15) is 4.79 Å². The minimum atomic E-state index is -0.500. The molecule has 2 aliphatic rings. The molecule has 1 saturated heterocycles. The van der Waals surface area contributed by atoms with Gasteiger partial charge >= 0.3 is 0 Å². The van der Waals surface area contributed by atoms with Crippen molar-refractivity contribution in [1.29, 1.82) is 5.41 Å². The number of hydrogen-bond acceptors (Lipinski definition) is 6. The molecule has 9 heteroatoms. The highest BCUT2D eigenvalue weighted by atomic mass is 16.2. The van der Waals surface area contributed by atoms with Gasteiger partial charge in [0.15, 0.2) is 5.82 Å². The molecule has 1 amide bonds. The van der Waals surface area contributed by atoms with Crippen molar-refractivity contribution >= 4 is 28.9 Å². The molecule has 2 aromatic rings. The summed E-state index contributed by atoms with van der Waals surface area (Å²) in [5.74, 6) is -0.0942. The Hall–Kier alpha value is -3.62. The smallest absolute Gasteiger partial charge is 0.288 e. The molecule has 142 valence electrons. The highest BCUT2D eigenvalue weighted by Crippen LogP contribution is 2.21. The summed E-state index contributed by atoms with van der Waals surface area (Å²) in [6.07, 6.45) is 11.4. The lowest BCUT2D eigenvalue weighted by Crippen LogP contribution is -2.40. The lowest BCUT2D eigenvalue weighted by Gasteiger charge is -2.18. The molecule has 0 radical (unpaired) electrons. The van der Waals surface area contributed by atoms with Crippen molar-refractivity contribution < 1.29 is 4.79 Å². The quantitative estimate of drug-likeness (QED) is 0.606. The van der Waals surface area contributed by atoms with E-state index in [0.29, 0.717) is 23.5 Å².